The first-order chi connectivity index (χ1) is 12.0. The Balaban J connectivity index is 1.94. The second kappa shape index (κ2) is 7.33. The minimum absolute atomic E-state index is 0.144. The van der Waals surface area contributed by atoms with Crippen molar-refractivity contribution in [1.29, 1.82) is 0 Å². The zero-order chi connectivity index (χ0) is 18.0. The number of amides is 1. The summed E-state index contributed by atoms with van der Waals surface area (Å²) in [6, 6.07) is 6.59. The second-order valence-electron chi connectivity index (χ2n) is 6.59. The molecule has 0 aromatic heterocycles. The maximum atomic E-state index is 13.1. The van der Waals surface area contributed by atoms with Crippen molar-refractivity contribution in [3.63, 3.8) is 0 Å². The Morgan fingerprint density at radius 1 is 1.20 bits per heavy atom. The van der Waals surface area contributed by atoms with Crippen molar-refractivity contribution >= 4 is 15.9 Å². The van der Waals surface area contributed by atoms with Gasteiger partial charge < -0.3 is 9.64 Å². The minimum atomic E-state index is -3.60. The molecule has 0 N–H and O–H groups in total. The number of carbonyl (C=O) groups excluding carboxylic acids is 1. The molecule has 3 rings (SSSR count). The number of carbonyl (C=O) groups is 1. The number of sulfonamides is 1. The molecule has 2 heterocycles. The number of nitrogens with zero attached hydrogens (tertiary/aromatic N) is 2. The Labute approximate surface area is 149 Å². The van der Waals surface area contributed by atoms with Crippen molar-refractivity contribution in [2.75, 3.05) is 19.6 Å². The summed E-state index contributed by atoms with van der Waals surface area (Å²) in [6.07, 6.45) is 2.36. The normalized spacial score (nSPS) is 25.9. The molecule has 0 bridgehead atoms. The highest BCUT2D eigenvalue weighted by Crippen LogP contribution is 2.36. The summed E-state index contributed by atoms with van der Waals surface area (Å²) in [5.74, 6) is 0.562. The lowest BCUT2D eigenvalue weighted by Crippen LogP contribution is -2.47. The molecule has 2 aliphatic heterocycles. The number of fused-ring (bicyclic) bond motifs is 2. The van der Waals surface area contributed by atoms with Gasteiger partial charge in [0, 0.05) is 32.5 Å². The van der Waals surface area contributed by atoms with Gasteiger partial charge in [-0.3, -0.25) is 4.79 Å². The first kappa shape index (κ1) is 18.2. The highest BCUT2D eigenvalue weighted by molar-refractivity contribution is 7.89. The van der Waals surface area contributed by atoms with Gasteiger partial charge in [0.15, 0.2) is 0 Å². The van der Waals surface area contributed by atoms with E-state index in [-0.39, 0.29) is 22.9 Å². The molecular formula is C18H26N2O4S. The Kier molecular flexibility index (Phi) is 5.34. The van der Waals surface area contributed by atoms with E-state index in [9.17, 15) is 13.2 Å². The van der Waals surface area contributed by atoms with E-state index in [4.69, 9.17) is 4.74 Å². The van der Waals surface area contributed by atoms with E-state index in [1.807, 2.05) is 18.7 Å². The lowest BCUT2D eigenvalue weighted by atomic mass is 10.1. The summed E-state index contributed by atoms with van der Waals surface area (Å²) in [7, 11) is -3.60. The highest BCUT2D eigenvalue weighted by Gasteiger charge is 2.42. The molecule has 1 saturated heterocycles. The van der Waals surface area contributed by atoms with E-state index in [0.717, 1.165) is 6.42 Å². The maximum absolute atomic E-state index is 13.1. The molecule has 138 valence electrons. The molecule has 0 spiro atoms. The van der Waals surface area contributed by atoms with Crippen LogP contribution in [0, 0.1) is 0 Å². The summed E-state index contributed by atoms with van der Waals surface area (Å²) in [6.45, 7) is 5.42. The Morgan fingerprint density at radius 3 is 2.64 bits per heavy atom. The van der Waals surface area contributed by atoms with Gasteiger partial charge in [-0.05, 0) is 25.0 Å². The predicted molar refractivity (Wildman–Crippen MR) is 94.9 cm³/mol. The Morgan fingerprint density at radius 2 is 1.92 bits per heavy atom. The van der Waals surface area contributed by atoms with Crippen molar-refractivity contribution in [1.82, 2.24) is 9.21 Å². The number of benzene rings is 1. The van der Waals surface area contributed by atoms with Gasteiger partial charge in [0.2, 0.25) is 15.9 Å². The van der Waals surface area contributed by atoms with Crippen molar-refractivity contribution in [2.45, 2.75) is 56.6 Å². The SMILES string of the molecule is CCCC(=O)N1CC[C@@H]2[C@@H](CC1)Oc1ccccc1S(=O)(=O)N2CC. The van der Waals surface area contributed by atoms with E-state index < -0.39 is 10.0 Å². The average molecular weight is 366 g/mol. The lowest BCUT2D eigenvalue weighted by molar-refractivity contribution is -0.131. The molecule has 1 fully saturated rings. The zero-order valence-corrected chi connectivity index (χ0v) is 15.7. The molecule has 2 aliphatic rings. The van der Waals surface area contributed by atoms with Crippen LogP contribution in [0.25, 0.3) is 0 Å². The smallest absolute Gasteiger partial charge is 0.247 e. The second-order valence-corrected chi connectivity index (χ2v) is 8.45. The van der Waals surface area contributed by atoms with Gasteiger partial charge in [0.1, 0.15) is 16.7 Å². The van der Waals surface area contributed by atoms with Crippen LogP contribution in [-0.2, 0) is 14.8 Å². The van der Waals surface area contributed by atoms with Crippen LogP contribution in [0.3, 0.4) is 0 Å². The van der Waals surface area contributed by atoms with E-state index >= 15 is 0 Å². The Hall–Kier alpha value is -1.60. The maximum Gasteiger partial charge on any atom is 0.247 e. The summed E-state index contributed by atoms with van der Waals surface area (Å²) in [5, 5.41) is 0. The summed E-state index contributed by atoms with van der Waals surface area (Å²) in [4.78, 5) is 14.3. The van der Waals surface area contributed by atoms with Gasteiger partial charge in [0.25, 0.3) is 0 Å². The lowest BCUT2D eigenvalue weighted by Gasteiger charge is -2.30. The molecule has 0 unspecified atom stereocenters. The fourth-order valence-electron chi connectivity index (χ4n) is 3.78. The van der Waals surface area contributed by atoms with E-state index in [1.54, 1.807) is 28.6 Å². The van der Waals surface area contributed by atoms with Crippen LogP contribution in [0.2, 0.25) is 0 Å². The van der Waals surface area contributed by atoms with Crippen molar-refractivity contribution in [3.05, 3.63) is 24.3 Å². The van der Waals surface area contributed by atoms with Crippen molar-refractivity contribution in [2.24, 2.45) is 0 Å². The highest BCUT2D eigenvalue weighted by atomic mass is 32.2. The van der Waals surface area contributed by atoms with Crippen LogP contribution >= 0.6 is 0 Å². The zero-order valence-electron chi connectivity index (χ0n) is 14.8. The molecule has 1 amide bonds. The molecule has 1 aromatic rings. The van der Waals surface area contributed by atoms with Gasteiger partial charge in [-0.1, -0.05) is 26.0 Å². The number of hydrogen-bond donors (Lipinski definition) is 0. The number of hydrogen-bond acceptors (Lipinski definition) is 4. The summed E-state index contributed by atoms with van der Waals surface area (Å²) in [5.41, 5.74) is 0. The van der Waals surface area contributed by atoms with Gasteiger partial charge in [-0.25, -0.2) is 8.42 Å². The number of para-hydroxylation sites is 1. The number of likely N-dealkylation sites (N-methyl/N-ethyl adjacent to an activating group) is 1. The van der Waals surface area contributed by atoms with Crippen LogP contribution < -0.4 is 4.74 Å². The third-order valence-electron chi connectivity index (χ3n) is 5.02. The average Bonchev–Trinajstić information content (AvgIpc) is 2.83. The number of likely N-dealkylation sites (tertiary alicyclic amines) is 1. The van der Waals surface area contributed by atoms with Gasteiger partial charge in [-0.15, -0.1) is 0 Å². The third-order valence-corrected chi connectivity index (χ3v) is 7.06. The fraction of sp³-hybridized carbons (Fsp3) is 0.611. The van der Waals surface area contributed by atoms with E-state index in [1.165, 1.54) is 0 Å². The minimum Gasteiger partial charge on any atom is -0.487 e. The van der Waals surface area contributed by atoms with Crippen LogP contribution in [0.1, 0.15) is 39.5 Å². The fourth-order valence-corrected chi connectivity index (χ4v) is 5.59. The Bertz CT molecular complexity index is 734. The van der Waals surface area contributed by atoms with Gasteiger partial charge >= 0.3 is 0 Å². The largest absolute Gasteiger partial charge is 0.487 e. The van der Waals surface area contributed by atoms with E-state index in [2.05, 4.69) is 0 Å². The molecule has 0 radical (unpaired) electrons. The third kappa shape index (κ3) is 3.40. The first-order valence-corrected chi connectivity index (χ1v) is 10.5. The monoisotopic (exact) mass is 366 g/mol. The predicted octanol–water partition coefficient (Wildman–Crippen LogP) is 2.25. The molecule has 6 nitrogen and oxygen atoms in total. The van der Waals surface area contributed by atoms with Crippen LogP contribution in [0.5, 0.6) is 5.75 Å². The van der Waals surface area contributed by atoms with E-state index in [0.29, 0.717) is 44.6 Å². The van der Waals surface area contributed by atoms with Crippen LogP contribution in [0.15, 0.2) is 29.2 Å². The topological polar surface area (TPSA) is 66.9 Å². The van der Waals surface area contributed by atoms with Crippen molar-refractivity contribution in [3.8, 4) is 5.75 Å². The summed E-state index contributed by atoms with van der Waals surface area (Å²) >= 11 is 0. The number of ether oxygens (including phenoxy) is 1. The quantitative estimate of drug-likeness (QED) is 0.823. The molecule has 2 atom stereocenters. The molecule has 0 aliphatic carbocycles. The van der Waals surface area contributed by atoms with Crippen LogP contribution in [0.4, 0.5) is 0 Å². The summed E-state index contributed by atoms with van der Waals surface area (Å²) < 4.78 is 33.9. The molecule has 0 saturated carbocycles. The first-order valence-electron chi connectivity index (χ1n) is 9.04. The van der Waals surface area contributed by atoms with Crippen LogP contribution in [-0.4, -0.2) is 55.3 Å². The standard InChI is InChI=1S/C18H26N2O4S/c1-3-7-18(21)19-12-10-14-15(11-13-19)24-16-8-5-6-9-17(16)25(22,23)20(14)4-2/h5-6,8-9,14-15H,3-4,7,10-13H2,1-2H3/t14-,15-/m1/s1. The molecule has 1 aromatic carbocycles. The molecular weight excluding hydrogens is 340 g/mol. The number of rotatable bonds is 3. The molecule has 7 heteroatoms. The van der Waals surface area contributed by atoms with Crippen molar-refractivity contribution < 1.29 is 17.9 Å². The van der Waals surface area contributed by atoms with Gasteiger partial charge in [0.05, 0.1) is 6.04 Å². The molecule has 25 heavy (non-hydrogen) atoms. The van der Waals surface area contributed by atoms with Gasteiger partial charge in [-0.2, -0.15) is 4.31 Å².